The summed E-state index contributed by atoms with van der Waals surface area (Å²) in [6.45, 7) is 8.82. The predicted octanol–water partition coefficient (Wildman–Crippen LogP) is 3.00. The van der Waals surface area contributed by atoms with Gasteiger partial charge in [0.15, 0.2) is 0 Å². The normalized spacial score (nSPS) is 9.50. The van der Waals surface area contributed by atoms with Crippen molar-refractivity contribution in [3.05, 3.63) is 55.4 Å². The number of nitrogens with zero attached hydrogens (tertiary/aromatic N) is 1. The number of benzene rings is 1. The van der Waals surface area contributed by atoms with Gasteiger partial charge in [-0.3, -0.25) is 0 Å². The summed E-state index contributed by atoms with van der Waals surface area (Å²) < 4.78 is 12.7. The lowest BCUT2D eigenvalue weighted by atomic mass is 10.2. The third-order valence-electron chi connectivity index (χ3n) is 1.89. The lowest BCUT2D eigenvalue weighted by Gasteiger charge is -2.21. The van der Waals surface area contributed by atoms with E-state index in [1.807, 2.05) is 12.2 Å². The zero-order chi connectivity index (χ0) is 10.4. The van der Waals surface area contributed by atoms with Crippen molar-refractivity contribution in [2.24, 2.45) is 0 Å². The Kier molecular flexibility index (Phi) is 3.92. The fourth-order valence-electron chi connectivity index (χ4n) is 1.25. The second kappa shape index (κ2) is 5.22. The molecule has 0 saturated carbocycles. The minimum absolute atomic E-state index is 0.217. The van der Waals surface area contributed by atoms with E-state index in [0.29, 0.717) is 0 Å². The van der Waals surface area contributed by atoms with Crippen LogP contribution in [0.2, 0.25) is 0 Å². The summed E-state index contributed by atoms with van der Waals surface area (Å²) >= 11 is 0. The Morgan fingerprint density at radius 3 is 2.00 bits per heavy atom. The SMILES string of the molecule is C=CCN(CC=C)c1ccc(F)cc1. The van der Waals surface area contributed by atoms with E-state index < -0.39 is 0 Å². The molecule has 0 unspecified atom stereocenters. The highest BCUT2D eigenvalue weighted by molar-refractivity contribution is 5.47. The van der Waals surface area contributed by atoms with Gasteiger partial charge in [0.1, 0.15) is 5.82 Å². The van der Waals surface area contributed by atoms with Gasteiger partial charge >= 0.3 is 0 Å². The summed E-state index contributed by atoms with van der Waals surface area (Å²) in [7, 11) is 0. The Morgan fingerprint density at radius 2 is 1.57 bits per heavy atom. The maximum Gasteiger partial charge on any atom is 0.123 e. The van der Waals surface area contributed by atoms with Gasteiger partial charge in [-0.1, -0.05) is 12.2 Å². The molecular weight excluding hydrogens is 177 g/mol. The van der Waals surface area contributed by atoms with Gasteiger partial charge in [0.2, 0.25) is 0 Å². The average Bonchev–Trinajstić information content (AvgIpc) is 2.19. The van der Waals surface area contributed by atoms with E-state index in [4.69, 9.17) is 0 Å². The fraction of sp³-hybridized carbons (Fsp3) is 0.167. The lowest BCUT2D eigenvalue weighted by molar-refractivity contribution is 0.627. The molecule has 0 N–H and O–H groups in total. The molecule has 1 rings (SSSR count). The summed E-state index contributed by atoms with van der Waals surface area (Å²) in [6.07, 6.45) is 3.62. The van der Waals surface area contributed by atoms with E-state index in [1.54, 1.807) is 12.1 Å². The van der Waals surface area contributed by atoms with Gasteiger partial charge in [0.05, 0.1) is 0 Å². The Bertz CT molecular complexity index is 293. The van der Waals surface area contributed by atoms with Crippen LogP contribution < -0.4 is 4.90 Å². The number of hydrogen-bond acceptors (Lipinski definition) is 1. The molecule has 0 saturated heterocycles. The van der Waals surface area contributed by atoms with Crippen LogP contribution in [0.15, 0.2) is 49.6 Å². The first-order valence-electron chi connectivity index (χ1n) is 4.50. The summed E-state index contributed by atoms with van der Waals surface area (Å²) in [6, 6.07) is 6.41. The Hall–Kier alpha value is -1.57. The highest BCUT2D eigenvalue weighted by Gasteiger charge is 2.01. The van der Waals surface area contributed by atoms with Gasteiger partial charge in [-0.2, -0.15) is 0 Å². The fourth-order valence-corrected chi connectivity index (χ4v) is 1.25. The summed E-state index contributed by atoms with van der Waals surface area (Å²) in [5, 5.41) is 0. The van der Waals surface area contributed by atoms with E-state index in [0.717, 1.165) is 18.8 Å². The van der Waals surface area contributed by atoms with Gasteiger partial charge < -0.3 is 4.90 Å². The predicted molar refractivity (Wildman–Crippen MR) is 59.0 cm³/mol. The number of hydrogen-bond donors (Lipinski definition) is 0. The van der Waals surface area contributed by atoms with E-state index in [9.17, 15) is 4.39 Å². The smallest absolute Gasteiger partial charge is 0.123 e. The molecule has 0 aromatic heterocycles. The molecule has 0 heterocycles. The van der Waals surface area contributed by atoms with E-state index in [2.05, 4.69) is 18.1 Å². The molecule has 1 aromatic rings. The molecule has 0 aliphatic rings. The molecule has 1 aromatic carbocycles. The lowest BCUT2D eigenvalue weighted by Crippen LogP contribution is -2.22. The van der Waals surface area contributed by atoms with Crippen LogP contribution in [-0.2, 0) is 0 Å². The zero-order valence-electron chi connectivity index (χ0n) is 8.12. The largest absolute Gasteiger partial charge is 0.364 e. The standard InChI is InChI=1S/C12H14FN/c1-3-9-14(10-4-2)12-7-5-11(13)6-8-12/h3-8H,1-2,9-10H2. The molecule has 0 radical (unpaired) electrons. The zero-order valence-corrected chi connectivity index (χ0v) is 8.12. The van der Waals surface area contributed by atoms with Crippen LogP contribution in [0, 0.1) is 5.82 Å². The first-order valence-corrected chi connectivity index (χ1v) is 4.50. The van der Waals surface area contributed by atoms with Gasteiger partial charge in [-0.15, -0.1) is 13.2 Å². The average molecular weight is 191 g/mol. The van der Waals surface area contributed by atoms with E-state index >= 15 is 0 Å². The molecule has 0 atom stereocenters. The van der Waals surface area contributed by atoms with Crippen LogP contribution in [0.4, 0.5) is 10.1 Å². The van der Waals surface area contributed by atoms with Crippen LogP contribution >= 0.6 is 0 Å². The van der Waals surface area contributed by atoms with Crippen molar-refractivity contribution in [2.75, 3.05) is 18.0 Å². The summed E-state index contributed by atoms with van der Waals surface area (Å²) in [5.74, 6) is -0.217. The van der Waals surface area contributed by atoms with Crippen LogP contribution in [0.1, 0.15) is 0 Å². The van der Waals surface area contributed by atoms with Crippen molar-refractivity contribution in [3.63, 3.8) is 0 Å². The quantitative estimate of drug-likeness (QED) is 0.647. The van der Waals surface area contributed by atoms with Crippen molar-refractivity contribution >= 4 is 5.69 Å². The van der Waals surface area contributed by atoms with Gasteiger partial charge in [-0.05, 0) is 24.3 Å². The highest BCUT2D eigenvalue weighted by Crippen LogP contribution is 2.14. The monoisotopic (exact) mass is 191 g/mol. The number of rotatable bonds is 5. The summed E-state index contributed by atoms with van der Waals surface area (Å²) in [4.78, 5) is 2.06. The van der Waals surface area contributed by atoms with Crippen LogP contribution in [0.3, 0.4) is 0 Å². The second-order valence-corrected chi connectivity index (χ2v) is 2.96. The van der Waals surface area contributed by atoms with E-state index in [1.165, 1.54) is 12.1 Å². The number of anilines is 1. The Labute approximate surface area is 84.2 Å². The van der Waals surface area contributed by atoms with Crippen molar-refractivity contribution in [1.82, 2.24) is 0 Å². The topological polar surface area (TPSA) is 3.24 Å². The van der Waals surface area contributed by atoms with Crippen LogP contribution in [0.5, 0.6) is 0 Å². The first kappa shape index (κ1) is 10.5. The van der Waals surface area contributed by atoms with Crippen LogP contribution in [0.25, 0.3) is 0 Å². The Balaban J connectivity index is 2.80. The molecule has 14 heavy (non-hydrogen) atoms. The molecule has 0 amide bonds. The van der Waals surface area contributed by atoms with E-state index in [-0.39, 0.29) is 5.82 Å². The Morgan fingerprint density at radius 1 is 1.07 bits per heavy atom. The van der Waals surface area contributed by atoms with Gasteiger partial charge in [0.25, 0.3) is 0 Å². The molecule has 74 valence electrons. The molecule has 0 bridgehead atoms. The molecule has 0 aliphatic heterocycles. The molecule has 0 spiro atoms. The molecule has 0 fully saturated rings. The van der Waals surface area contributed by atoms with Crippen molar-refractivity contribution in [3.8, 4) is 0 Å². The van der Waals surface area contributed by atoms with Crippen LogP contribution in [-0.4, -0.2) is 13.1 Å². The molecular formula is C12H14FN. The number of halogens is 1. The first-order chi connectivity index (χ1) is 6.77. The summed E-state index contributed by atoms with van der Waals surface area (Å²) in [5.41, 5.74) is 0.978. The maximum absolute atomic E-state index is 12.7. The minimum Gasteiger partial charge on any atom is -0.364 e. The maximum atomic E-state index is 12.7. The van der Waals surface area contributed by atoms with Crippen molar-refractivity contribution < 1.29 is 4.39 Å². The van der Waals surface area contributed by atoms with Gasteiger partial charge in [-0.25, -0.2) is 4.39 Å². The second-order valence-electron chi connectivity index (χ2n) is 2.96. The van der Waals surface area contributed by atoms with Gasteiger partial charge in [0, 0.05) is 18.8 Å². The molecule has 1 nitrogen and oxygen atoms in total. The minimum atomic E-state index is -0.217. The molecule has 0 aliphatic carbocycles. The third kappa shape index (κ3) is 2.73. The molecule has 2 heteroatoms. The highest BCUT2D eigenvalue weighted by atomic mass is 19.1. The van der Waals surface area contributed by atoms with Crippen molar-refractivity contribution in [2.45, 2.75) is 0 Å². The van der Waals surface area contributed by atoms with Crippen molar-refractivity contribution in [1.29, 1.82) is 0 Å². The third-order valence-corrected chi connectivity index (χ3v) is 1.89.